The Labute approximate surface area is 166 Å². The van der Waals surface area contributed by atoms with Crippen molar-refractivity contribution in [3.8, 4) is 0 Å². The third kappa shape index (κ3) is 4.51. The van der Waals surface area contributed by atoms with E-state index in [2.05, 4.69) is 0 Å². The van der Waals surface area contributed by atoms with E-state index in [1.807, 2.05) is 37.3 Å². The van der Waals surface area contributed by atoms with Gasteiger partial charge in [0.1, 0.15) is 4.90 Å². The molecule has 0 aliphatic carbocycles. The van der Waals surface area contributed by atoms with Crippen molar-refractivity contribution >= 4 is 27.5 Å². The molecule has 0 saturated heterocycles. The van der Waals surface area contributed by atoms with Crippen LogP contribution >= 0.6 is 11.6 Å². The maximum absolute atomic E-state index is 12.9. The number of benzene rings is 2. The summed E-state index contributed by atoms with van der Waals surface area (Å²) in [6, 6.07) is 13.9. The number of hydrogen-bond donors (Lipinski definition) is 0. The van der Waals surface area contributed by atoms with Gasteiger partial charge in [0.25, 0.3) is 5.91 Å². The zero-order valence-corrected chi connectivity index (χ0v) is 17.6. The minimum absolute atomic E-state index is 0.0421. The van der Waals surface area contributed by atoms with Gasteiger partial charge in [0.15, 0.2) is 0 Å². The Morgan fingerprint density at radius 1 is 1.07 bits per heavy atom. The number of carbonyl (C=O) groups is 1. The van der Waals surface area contributed by atoms with Crippen LogP contribution in [0.5, 0.6) is 0 Å². The van der Waals surface area contributed by atoms with E-state index in [1.165, 1.54) is 16.4 Å². The lowest BCUT2D eigenvalue weighted by atomic mass is 10.1. The monoisotopic (exact) mass is 408 g/mol. The molecule has 2 rings (SSSR count). The average Bonchev–Trinajstić information content (AvgIpc) is 2.68. The van der Waals surface area contributed by atoms with Gasteiger partial charge in [-0.1, -0.05) is 55.8 Å². The first-order valence-electron chi connectivity index (χ1n) is 8.85. The molecule has 1 amide bonds. The Hall–Kier alpha value is -1.89. The second-order valence-corrected chi connectivity index (χ2v) is 8.55. The molecule has 0 saturated carbocycles. The van der Waals surface area contributed by atoms with Crippen molar-refractivity contribution in [1.82, 2.24) is 9.21 Å². The molecule has 7 heteroatoms. The summed E-state index contributed by atoms with van der Waals surface area (Å²) < 4.78 is 27.0. The largest absolute Gasteiger partial charge is 0.335 e. The normalized spacial score (nSPS) is 12.8. The van der Waals surface area contributed by atoms with E-state index in [1.54, 1.807) is 31.9 Å². The zero-order chi connectivity index (χ0) is 20.2. The summed E-state index contributed by atoms with van der Waals surface area (Å²) >= 11 is 6.15. The molecule has 1 unspecified atom stereocenters. The molecule has 0 bridgehead atoms. The molecule has 0 spiro atoms. The molecular formula is C20H25ClN2O3S. The molecule has 27 heavy (non-hydrogen) atoms. The Balaban J connectivity index is 2.38. The van der Waals surface area contributed by atoms with Crippen LogP contribution in [-0.2, 0) is 10.0 Å². The van der Waals surface area contributed by atoms with Crippen LogP contribution in [0.3, 0.4) is 0 Å². The van der Waals surface area contributed by atoms with Crippen LogP contribution in [0.4, 0.5) is 0 Å². The van der Waals surface area contributed by atoms with Gasteiger partial charge in [-0.15, -0.1) is 0 Å². The quantitative estimate of drug-likeness (QED) is 0.689. The lowest BCUT2D eigenvalue weighted by Crippen LogP contribution is -2.32. The summed E-state index contributed by atoms with van der Waals surface area (Å²) in [4.78, 5) is 14.5. The van der Waals surface area contributed by atoms with Crippen LogP contribution in [0.2, 0.25) is 5.02 Å². The molecule has 0 fully saturated rings. The van der Waals surface area contributed by atoms with Crippen molar-refractivity contribution in [2.24, 2.45) is 0 Å². The SMILES string of the molecule is CCN(CC)S(=O)(=O)c1cc(C(=O)N(C)C(C)c2ccccc2)ccc1Cl. The van der Waals surface area contributed by atoms with Gasteiger partial charge in [0.05, 0.1) is 11.1 Å². The summed E-state index contributed by atoms with van der Waals surface area (Å²) in [5, 5.41) is 0.109. The van der Waals surface area contributed by atoms with Crippen molar-refractivity contribution < 1.29 is 13.2 Å². The van der Waals surface area contributed by atoms with E-state index >= 15 is 0 Å². The van der Waals surface area contributed by atoms with Crippen molar-refractivity contribution in [3.05, 3.63) is 64.7 Å². The first-order chi connectivity index (χ1) is 12.7. The number of hydrogen-bond acceptors (Lipinski definition) is 3. The fraction of sp³-hybridized carbons (Fsp3) is 0.350. The van der Waals surface area contributed by atoms with Gasteiger partial charge in [-0.25, -0.2) is 8.42 Å². The predicted octanol–water partition coefficient (Wildman–Crippen LogP) is 4.20. The van der Waals surface area contributed by atoms with E-state index < -0.39 is 10.0 Å². The molecular weight excluding hydrogens is 384 g/mol. The van der Waals surface area contributed by atoms with Gasteiger partial charge in [-0.3, -0.25) is 4.79 Å². The summed E-state index contributed by atoms with van der Waals surface area (Å²) in [5.74, 6) is -0.265. The van der Waals surface area contributed by atoms with Crippen LogP contribution in [-0.4, -0.2) is 43.7 Å². The minimum atomic E-state index is -3.76. The second kappa shape index (κ2) is 8.87. The number of amides is 1. The molecule has 0 aromatic heterocycles. The Bertz CT molecular complexity index is 897. The lowest BCUT2D eigenvalue weighted by molar-refractivity contribution is 0.0742. The van der Waals surface area contributed by atoms with E-state index in [-0.39, 0.29) is 27.4 Å². The van der Waals surface area contributed by atoms with Crippen LogP contribution in [0.25, 0.3) is 0 Å². The number of sulfonamides is 1. The van der Waals surface area contributed by atoms with Gasteiger partial charge in [-0.2, -0.15) is 4.31 Å². The number of carbonyl (C=O) groups excluding carboxylic acids is 1. The fourth-order valence-electron chi connectivity index (χ4n) is 2.87. The molecule has 146 valence electrons. The highest BCUT2D eigenvalue weighted by molar-refractivity contribution is 7.89. The van der Waals surface area contributed by atoms with Gasteiger partial charge < -0.3 is 4.90 Å². The summed E-state index contributed by atoms with van der Waals surface area (Å²) in [6.07, 6.45) is 0. The van der Waals surface area contributed by atoms with Crippen molar-refractivity contribution in [2.75, 3.05) is 20.1 Å². The van der Waals surface area contributed by atoms with Crippen molar-refractivity contribution in [2.45, 2.75) is 31.7 Å². The Morgan fingerprint density at radius 3 is 2.22 bits per heavy atom. The molecule has 2 aromatic rings. The summed E-state index contributed by atoms with van der Waals surface area (Å²) in [5.41, 5.74) is 1.29. The molecule has 5 nitrogen and oxygen atoms in total. The minimum Gasteiger partial charge on any atom is -0.335 e. The van der Waals surface area contributed by atoms with Crippen LogP contribution in [0.1, 0.15) is 42.7 Å². The lowest BCUT2D eigenvalue weighted by Gasteiger charge is -2.26. The highest BCUT2D eigenvalue weighted by Crippen LogP contribution is 2.27. The van der Waals surface area contributed by atoms with Crippen LogP contribution in [0.15, 0.2) is 53.4 Å². The zero-order valence-electron chi connectivity index (χ0n) is 16.0. The molecule has 0 aliphatic rings. The third-order valence-corrected chi connectivity index (χ3v) is 7.22. The number of nitrogens with zero attached hydrogens (tertiary/aromatic N) is 2. The van der Waals surface area contributed by atoms with Gasteiger partial charge in [0.2, 0.25) is 10.0 Å². The summed E-state index contributed by atoms with van der Waals surface area (Å²) in [6.45, 7) is 6.12. The molecule has 2 aromatic carbocycles. The maximum atomic E-state index is 12.9. The van der Waals surface area contributed by atoms with E-state index in [4.69, 9.17) is 11.6 Å². The summed E-state index contributed by atoms with van der Waals surface area (Å²) in [7, 11) is -2.05. The van der Waals surface area contributed by atoms with E-state index in [0.29, 0.717) is 13.1 Å². The standard InChI is InChI=1S/C20H25ClN2O3S/c1-5-23(6-2)27(25,26)19-14-17(12-13-18(19)21)20(24)22(4)15(3)16-10-8-7-9-11-16/h7-15H,5-6H2,1-4H3. The smallest absolute Gasteiger partial charge is 0.254 e. The topological polar surface area (TPSA) is 57.7 Å². The Kier molecular flexibility index (Phi) is 7.03. The van der Waals surface area contributed by atoms with Crippen LogP contribution < -0.4 is 0 Å². The first-order valence-corrected chi connectivity index (χ1v) is 10.7. The highest BCUT2D eigenvalue weighted by Gasteiger charge is 2.27. The van der Waals surface area contributed by atoms with Gasteiger partial charge in [0, 0.05) is 25.7 Å². The second-order valence-electron chi connectivity index (χ2n) is 6.24. The molecule has 0 N–H and O–H groups in total. The maximum Gasteiger partial charge on any atom is 0.254 e. The average molecular weight is 409 g/mol. The highest BCUT2D eigenvalue weighted by atomic mass is 35.5. The van der Waals surface area contributed by atoms with Crippen molar-refractivity contribution in [3.63, 3.8) is 0 Å². The van der Waals surface area contributed by atoms with E-state index in [0.717, 1.165) is 5.56 Å². The predicted molar refractivity (Wildman–Crippen MR) is 109 cm³/mol. The molecule has 0 aliphatic heterocycles. The fourth-order valence-corrected chi connectivity index (χ4v) is 4.83. The van der Waals surface area contributed by atoms with E-state index in [9.17, 15) is 13.2 Å². The molecule has 1 atom stereocenters. The van der Waals surface area contributed by atoms with Gasteiger partial charge in [-0.05, 0) is 30.7 Å². The number of rotatable bonds is 7. The third-order valence-electron chi connectivity index (χ3n) is 4.68. The molecule has 0 radical (unpaired) electrons. The Morgan fingerprint density at radius 2 is 1.67 bits per heavy atom. The van der Waals surface area contributed by atoms with Crippen LogP contribution in [0, 0.1) is 0 Å². The number of halogens is 1. The van der Waals surface area contributed by atoms with Gasteiger partial charge >= 0.3 is 0 Å². The first kappa shape index (κ1) is 21.4. The molecule has 0 heterocycles. The van der Waals surface area contributed by atoms with Crippen molar-refractivity contribution in [1.29, 1.82) is 0 Å².